The normalized spacial score (nSPS) is 16.2. The molecule has 1 aromatic carbocycles. The molecule has 1 aromatic heterocycles. The predicted octanol–water partition coefficient (Wildman–Crippen LogP) is 3.10. The molecule has 1 aliphatic rings. The zero-order valence-corrected chi connectivity index (χ0v) is 17.5. The minimum absolute atomic E-state index is 0.000178. The van der Waals surface area contributed by atoms with E-state index in [1.54, 1.807) is 18.7 Å². The Bertz CT molecular complexity index is 747. The molecular formula is C19H23BrN4O2S. The number of carbonyl (C=O) groups is 1. The Morgan fingerprint density at radius 2 is 1.96 bits per heavy atom. The molecule has 8 heteroatoms. The number of hydrogen-bond donors (Lipinski definition) is 2. The average molecular weight is 451 g/mol. The third-order valence-electron chi connectivity index (χ3n) is 4.42. The molecule has 0 bridgehead atoms. The van der Waals surface area contributed by atoms with Crippen LogP contribution in [0.4, 0.5) is 5.82 Å². The first-order valence-corrected chi connectivity index (χ1v) is 10.6. The summed E-state index contributed by atoms with van der Waals surface area (Å²) in [5.74, 6) is 0.876. The fourth-order valence-corrected chi connectivity index (χ4v) is 3.92. The molecule has 2 heterocycles. The van der Waals surface area contributed by atoms with E-state index < -0.39 is 6.10 Å². The summed E-state index contributed by atoms with van der Waals surface area (Å²) in [7, 11) is 0. The molecule has 0 saturated carbocycles. The van der Waals surface area contributed by atoms with Crippen LogP contribution in [0.25, 0.3) is 0 Å². The largest absolute Gasteiger partial charge is 0.392 e. The summed E-state index contributed by atoms with van der Waals surface area (Å²) in [5.41, 5.74) is 0. The first-order chi connectivity index (χ1) is 13.0. The maximum absolute atomic E-state index is 12.1. The highest BCUT2D eigenvalue weighted by molar-refractivity contribution is 9.10. The van der Waals surface area contributed by atoms with Crippen molar-refractivity contribution in [2.45, 2.75) is 35.8 Å². The number of nitrogens with one attached hydrogen (secondary N) is 1. The summed E-state index contributed by atoms with van der Waals surface area (Å²) in [6, 6.07) is 12.1. The van der Waals surface area contributed by atoms with Crippen molar-refractivity contribution in [3.8, 4) is 0 Å². The lowest BCUT2D eigenvalue weighted by Gasteiger charge is -2.31. The quantitative estimate of drug-likeness (QED) is 0.703. The molecule has 0 spiro atoms. The maximum Gasteiger partial charge on any atom is 0.223 e. The van der Waals surface area contributed by atoms with Gasteiger partial charge in [0, 0.05) is 34.9 Å². The van der Waals surface area contributed by atoms with Crippen molar-refractivity contribution in [2.75, 3.05) is 24.5 Å². The Kier molecular flexibility index (Phi) is 7.09. The number of halogens is 1. The number of rotatable bonds is 6. The van der Waals surface area contributed by atoms with E-state index in [1.165, 1.54) is 0 Å². The van der Waals surface area contributed by atoms with Crippen molar-refractivity contribution in [3.63, 3.8) is 0 Å². The third kappa shape index (κ3) is 5.92. The van der Waals surface area contributed by atoms with Crippen molar-refractivity contribution in [2.24, 2.45) is 5.92 Å². The number of benzene rings is 1. The Labute approximate surface area is 171 Å². The van der Waals surface area contributed by atoms with Gasteiger partial charge in [0.2, 0.25) is 5.91 Å². The number of carbonyl (C=O) groups excluding carboxylic acids is 1. The van der Waals surface area contributed by atoms with Gasteiger partial charge >= 0.3 is 0 Å². The van der Waals surface area contributed by atoms with Gasteiger partial charge in [-0.1, -0.05) is 27.7 Å². The Morgan fingerprint density at radius 3 is 2.56 bits per heavy atom. The van der Waals surface area contributed by atoms with Gasteiger partial charge in [0.05, 0.1) is 6.10 Å². The van der Waals surface area contributed by atoms with Crippen LogP contribution in [0, 0.1) is 5.92 Å². The molecule has 1 saturated heterocycles. The number of amides is 1. The second-order valence-electron chi connectivity index (χ2n) is 6.64. The summed E-state index contributed by atoms with van der Waals surface area (Å²) in [6.07, 6.45) is 1.05. The van der Waals surface area contributed by atoms with Gasteiger partial charge in [-0.25, -0.2) is 0 Å². The van der Waals surface area contributed by atoms with E-state index in [1.807, 2.05) is 36.4 Å². The van der Waals surface area contributed by atoms with E-state index >= 15 is 0 Å². The van der Waals surface area contributed by atoms with Gasteiger partial charge in [0.1, 0.15) is 5.03 Å². The van der Waals surface area contributed by atoms with Crippen molar-refractivity contribution in [1.29, 1.82) is 0 Å². The first kappa shape index (κ1) is 20.1. The topological polar surface area (TPSA) is 78.4 Å². The van der Waals surface area contributed by atoms with E-state index in [-0.39, 0.29) is 11.8 Å². The third-order valence-corrected chi connectivity index (χ3v) is 5.89. The van der Waals surface area contributed by atoms with Crippen molar-refractivity contribution in [3.05, 3.63) is 40.9 Å². The summed E-state index contributed by atoms with van der Waals surface area (Å²) in [6.45, 7) is 3.53. The minimum atomic E-state index is -0.516. The summed E-state index contributed by atoms with van der Waals surface area (Å²) < 4.78 is 1.05. The van der Waals surface area contributed by atoms with Crippen LogP contribution in [0.3, 0.4) is 0 Å². The molecule has 3 rings (SSSR count). The maximum atomic E-state index is 12.1. The van der Waals surface area contributed by atoms with Gasteiger partial charge in [-0.2, -0.15) is 0 Å². The van der Waals surface area contributed by atoms with Gasteiger partial charge in [0.15, 0.2) is 5.82 Å². The Morgan fingerprint density at radius 1 is 1.26 bits per heavy atom. The molecule has 2 N–H and O–H groups in total. The van der Waals surface area contributed by atoms with Gasteiger partial charge in [0.25, 0.3) is 0 Å². The lowest BCUT2D eigenvalue weighted by Crippen LogP contribution is -2.42. The molecule has 1 aliphatic heterocycles. The molecule has 6 nitrogen and oxygen atoms in total. The monoisotopic (exact) mass is 450 g/mol. The molecule has 0 unspecified atom stereocenters. The molecular weight excluding hydrogens is 428 g/mol. The van der Waals surface area contributed by atoms with Crippen LogP contribution < -0.4 is 10.2 Å². The number of aliphatic hydroxyl groups is 1. The van der Waals surface area contributed by atoms with Crippen molar-refractivity contribution < 1.29 is 9.90 Å². The summed E-state index contributed by atoms with van der Waals surface area (Å²) >= 11 is 5.01. The van der Waals surface area contributed by atoms with Crippen molar-refractivity contribution >= 4 is 39.4 Å². The van der Waals surface area contributed by atoms with E-state index in [4.69, 9.17) is 0 Å². The zero-order chi connectivity index (χ0) is 19.2. The molecule has 2 aromatic rings. The Balaban J connectivity index is 1.51. The van der Waals surface area contributed by atoms with Gasteiger partial charge in [-0.05, 0) is 56.2 Å². The molecule has 0 aliphatic carbocycles. The number of aliphatic hydroxyl groups excluding tert-OH is 1. The zero-order valence-electron chi connectivity index (χ0n) is 15.1. The average Bonchev–Trinajstić information content (AvgIpc) is 2.68. The van der Waals surface area contributed by atoms with E-state index in [9.17, 15) is 9.90 Å². The fourth-order valence-electron chi connectivity index (χ4n) is 2.92. The van der Waals surface area contributed by atoms with Crippen LogP contribution in [0.1, 0.15) is 19.8 Å². The van der Waals surface area contributed by atoms with Gasteiger partial charge < -0.3 is 15.3 Å². The standard InChI is InChI=1S/C19H23BrN4O2S/c1-13(25)12-21-19(26)14-8-10-24(11-9-14)17-6-7-18(23-22-17)27-16-4-2-15(20)3-5-16/h2-7,13-14,25H,8-12H2,1H3,(H,21,26)/t13-/m0/s1. The highest BCUT2D eigenvalue weighted by Crippen LogP contribution is 2.28. The number of nitrogens with zero attached hydrogens (tertiary/aromatic N) is 3. The van der Waals surface area contributed by atoms with Crippen LogP contribution in [-0.4, -0.2) is 46.9 Å². The van der Waals surface area contributed by atoms with E-state index in [0.29, 0.717) is 6.54 Å². The molecule has 1 atom stereocenters. The Hall–Kier alpha value is -1.64. The molecule has 1 amide bonds. The molecule has 27 heavy (non-hydrogen) atoms. The van der Waals surface area contributed by atoms with Crippen LogP contribution >= 0.6 is 27.7 Å². The second-order valence-corrected chi connectivity index (χ2v) is 8.65. The molecule has 1 fully saturated rings. The number of anilines is 1. The van der Waals surface area contributed by atoms with E-state index in [0.717, 1.165) is 46.1 Å². The number of hydrogen-bond acceptors (Lipinski definition) is 6. The van der Waals surface area contributed by atoms with Gasteiger partial charge in [-0.3, -0.25) is 4.79 Å². The lowest BCUT2D eigenvalue weighted by atomic mass is 9.96. The lowest BCUT2D eigenvalue weighted by molar-refractivity contribution is -0.126. The second kappa shape index (κ2) is 9.52. The van der Waals surface area contributed by atoms with Crippen LogP contribution in [0.2, 0.25) is 0 Å². The number of aromatic nitrogens is 2. The SMILES string of the molecule is C[C@H](O)CNC(=O)C1CCN(c2ccc(Sc3ccc(Br)cc3)nn2)CC1. The van der Waals surface area contributed by atoms with Crippen LogP contribution in [0.15, 0.2) is 50.8 Å². The molecule has 144 valence electrons. The smallest absolute Gasteiger partial charge is 0.223 e. The van der Waals surface area contributed by atoms with E-state index in [2.05, 4.69) is 36.3 Å². The highest BCUT2D eigenvalue weighted by Gasteiger charge is 2.25. The van der Waals surface area contributed by atoms with Crippen molar-refractivity contribution in [1.82, 2.24) is 15.5 Å². The summed E-state index contributed by atoms with van der Waals surface area (Å²) in [5, 5.41) is 21.6. The number of piperidine rings is 1. The van der Waals surface area contributed by atoms with Crippen LogP contribution in [0.5, 0.6) is 0 Å². The minimum Gasteiger partial charge on any atom is -0.392 e. The fraction of sp³-hybridized carbons (Fsp3) is 0.421. The first-order valence-electron chi connectivity index (χ1n) is 8.99. The summed E-state index contributed by atoms with van der Waals surface area (Å²) in [4.78, 5) is 15.4. The molecule has 0 radical (unpaired) electrons. The highest BCUT2D eigenvalue weighted by atomic mass is 79.9. The van der Waals surface area contributed by atoms with Crippen LogP contribution in [-0.2, 0) is 4.79 Å². The van der Waals surface area contributed by atoms with Gasteiger partial charge in [-0.15, -0.1) is 10.2 Å². The predicted molar refractivity (Wildman–Crippen MR) is 110 cm³/mol.